The lowest BCUT2D eigenvalue weighted by Crippen LogP contribution is -2.10. The summed E-state index contributed by atoms with van der Waals surface area (Å²) in [4.78, 5) is 15.8. The molecular formula is C17H19NO2. The summed E-state index contributed by atoms with van der Waals surface area (Å²) in [6, 6.07) is 10.0. The standard InChI is InChI=1S/C17H19NO2/c1-2-20-17(19)15-13-10-6-7-11-14(13)18-16(15)12-8-4-3-5-9-12/h3-5,8-9,18H,2,6-7,10-11H2,1H3. The molecule has 0 atom stereocenters. The Morgan fingerprint density at radius 3 is 2.70 bits per heavy atom. The molecule has 0 radical (unpaired) electrons. The molecule has 0 bridgehead atoms. The van der Waals surface area contributed by atoms with Gasteiger partial charge in [0.05, 0.1) is 17.9 Å². The highest BCUT2D eigenvalue weighted by Gasteiger charge is 2.26. The minimum absolute atomic E-state index is 0.203. The number of esters is 1. The summed E-state index contributed by atoms with van der Waals surface area (Å²) in [7, 11) is 0. The van der Waals surface area contributed by atoms with Gasteiger partial charge in [-0.15, -0.1) is 0 Å². The van der Waals surface area contributed by atoms with E-state index in [1.165, 1.54) is 12.1 Å². The predicted octanol–water partition coefficient (Wildman–Crippen LogP) is 3.74. The Labute approximate surface area is 119 Å². The summed E-state index contributed by atoms with van der Waals surface area (Å²) in [6.07, 6.45) is 4.32. The van der Waals surface area contributed by atoms with E-state index in [0.29, 0.717) is 6.61 Å². The molecule has 20 heavy (non-hydrogen) atoms. The number of ether oxygens (including phenoxy) is 1. The van der Waals surface area contributed by atoms with Crippen molar-refractivity contribution < 1.29 is 9.53 Å². The van der Waals surface area contributed by atoms with Gasteiger partial charge in [-0.2, -0.15) is 0 Å². The molecule has 0 unspecified atom stereocenters. The first-order chi connectivity index (χ1) is 9.81. The second-order valence-corrected chi connectivity index (χ2v) is 5.13. The van der Waals surface area contributed by atoms with Crippen LogP contribution in [0.25, 0.3) is 11.3 Å². The molecule has 0 fully saturated rings. The van der Waals surface area contributed by atoms with Crippen LogP contribution in [0, 0.1) is 0 Å². The van der Waals surface area contributed by atoms with Crippen molar-refractivity contribution in [2.75, 3.05) is 6.61 Å². The maximum atomic E-state index is 12.3. The second kappa shape index (κ2) is 5.53. The van der Waals surface area contributed by atoms with Crippen molar-refractivity contribution in [3.63, 3.8) is 0 Å². The normalized spacial score (nSPS) is 13.8. The Bertz CT molecular complexity index is 613. The Morgan fingerprint density at radius 1 is 1.20 bits per heavy atom. The molecule has 0 amide bonds. The van der Waals surface area contributed by atoms with Gasteiger partial charge in [0, 0.05) is 5.69 Å². The first-order valence-corrected chi connectivity index (χ1v) is 7.27. The van der Waals surface area contributed by atoms with Crippen LogP contribution < -0.4 is 0 Å². The number of carbonyl (C=O) groups excluding carboxylic acids is 1. The Hall–Kier alpha value is -2.03. The highest BCUT2D eigenvalue weighted by atomic mass is 16.5. The number of hydrogen-bond donors (Lipinski definition) is 1. The van der Waals surface area contributed by atoms with Crippen molar-refractivity contribution in [2.45, 2.75) is 32.6 Å². The Kier molecular flexibility index (Phi) is 3.59. The summed E-state index contributed by atoms with van der Waals surface area (Å²) in [5, 5.41) is 0. The fraction of sp³-hybridized carbons (Fsp3) is 0.353. The molecule has 1 aromatic carbocycles. The minimum Gasteiger partial charge on any atom is -0.462 e. The molecule has 1 aliphatic carbocycles. The molecule has 0 spiro atoms. The maximum absolute atomic E-state index is 12.3. The van der Waals surface area contributed by atoms with E-state index in [2.05, 4.69) is 4.98 Å². The number of hydrogen-bond acceptors (Lipinski definition) is 2. The average molecular weight is 269 g/mol. The van der Waals surface area contributed by atoms with Crippen molar-refractivity contribution in [2.24, 2.45) is 0 Å². The Balaban J connectivity index is 2.13. The van der Waals surface area contributed by atoms with Gasteiger partial charge in [0.1, 0.15) is 0 Å². The maximum Gasteiger partial charge on any atom is 0.340 e. The van der Waals surface area contributed by atoms with E-state index in [1.807, 2.05) is 37.3 Å². The van der Waals surface area contributed by atoms with Crippen LogP contribution in [-0.2, 0) is 17.6 Å². The van der Waals surface area contributed by atoms with Crippen LogP contribution in [0.15, 0.2) is 30.3 Å². The van der Waals surface area contributed by atoms with Crippen LogP contribution >= 0.6 is 0 Å². The molecule has 0 saturated heterocycles. The molecule has 1 N–H and O–H groups in total. The third-order valence-corrected chi connectivity index (χ3v) is 3.84. The number of H-pyrrole nitrogens is 1. The van der Waals surface area contributed by atoms with Crippen molar-refractivity contribution >= 4 is 5.97 Å². The van der Waals surface area contributed by atoms with Gasteiger partial charge < -0.3 is 9.72 Å². The first-order valence-electron chi connectivity index (χ1n) is 7.27. The first kappa shape index (κ1) is 13.0. The number of rotatable bonds is 3. The second-order valence-electron chi connectivity index (χ2n) is 5.13. The lowest BCUT2D eigenvalue weighted by atomic mass is 9.93. The van der Waals surface area contributed by atoms with Gasteiger partial charge in [0.25, 0.3) is 0 Å². The van der Waals surface area contributed by atoms with Gasteiger partial charge in [-0.1, -0.05) is 30.3 Å². The zero-order valence-corrected chi connectivity index (χ0v) is 11.7. The van der Waals surface area contributed by atoms with Gasteiger partial charge >= 0.3 is 5.97 Å². The fourth-order valence-corrected chi connectivity index (χ4v) is 2.93. The van der Waals surface area contributed by atoms with E-state index in [0.717, 1.165) is 41.6 Å². The van der Waals surface area contributed by atoms with Gasteiger partial charge in [-0.25, -0.2) is 4.79 Å². The summed E-state index contributed by atoms with van der Waals surface area (Å²) < 4.78 is 5.26. The summed E-state index contributed by atoms with van der Waals surface area (Å²) in [5.74, 6) is -0.203. The average Bonchev–Trinajstić information content (AvgIpc) is 2.88. The molecule has 3 nitrogen and oxygen atoms in total. The predicted molar refractivity (Wildman–Crippen MR) is 78.8 cm³/mol. The van der Waals surface area contributed by atoms with E-state index in [-0.39, 0.29) is 5.97 Å². The molecule has 104 valence electrons. The van der Waals surface area contributed by atoms with E-state index >= 15 is 0 Å². The minimum atomic E-state index is -0.203. The van der Waals surface area contributed by atoms with Crippen molar-refractivity contribution in [1.29, 1.82) is 0 Å². The van der Waals surface area contributed by atoms with Gasteiger partial charge in [-0.05, 0) is 43.7 Å². The third kappa shape index (κ3) is 2.24. The molecule has 3 heteroatoms. The third-order valence-electron chi connectivity index (χ3n) is 3.84. The highest BCUT2D eigenvalue weighted by Crippen LogP contribution is 2.33. The van der Waals surface area contributed by atoms with E-state index in [1.54, 1.807) is 0 Å². The molecule has 3 rings (SSSR count). The van der Waals surface area contributed by atoms with Crippen LogP contribution in [0.5, 0.6) is 0 Å². The number of benzene rings is 1. The number of aromatic nitrogens is 1. The molecule has 2 aromatic rings. The molecule has 1 aromatic heterocycles. The van der Waals surface area contributed by atoms with Crippen LogP contribution in [0.2, 0.25) is 0 Å². The van der Waals surface area contributed by atoms with Crippen LogP contribution in [0.3, 0.4) is 0 Å². The number of fused-ring (bicyclic) bond motifs is 1. The smallest absolute Gasteiger partial charge is 0.340 e. The number of aryl methyl sites for hydroxylation is 1. The van der Waals surface area contributed by atoms with Crippen molar-refractivity contribution in [3.05, 3.63) is 47.2 Å². The largest absolute Gasteiger partial charge is 0.462 e. The van der Waals surface area contributed by atoms with E-state index in [4.69, 9.17) is 4.74 Å². The van der Waals surface area contributed by atoms with Gasteiger partial charge in [0.2, 0.25) is 0 Å². The van der Waals surface area contributed by atoms with Gasteiger partial charge in [0.15, 0.2) is 0 Å². The highest BCUT2D eigenvalue weighted by molar-refractivity contribution is 5.98. The van der Waals surface area contributed by atoms with Gasteiger partial charge in [-0.3, -0.25) is 0 Å². The number of nitrogens with one attached hydrogen (secondary N) is 1. The van der Waals surface area contributed by atoms with Crippen molar-refractivity contribution in [3.8, 4) is 11.3 Å². The fourth-order valence-electron chi connectivity index (χ4n) is 2.93. The van der Waals surface area contributed by atoms with E-state index in [9.17, 15) is 4.79 Å². The molecule has 0 aliphatic heterocycles. The lowest BCUT2D eigenvalue weighted by molar-refractivity contribution is 0.0526. The van der Waals surface area contributed by atoms with E-state index < -0.39 is 0 Å². The van der Waals surface area contributed by atoms with Crippen LogP contribution in [-0.4, -0.2) is 17.6 Å². The Morgan fingerprint density at radius 2 is 1.95 bits per heavy atom. The quantitative estimate of drug-likeness (QED) is 0.862. The summed E-state index contributed by atoms with van der Waals surface area (Å²) in [5.41, 5.74) is 5.07. The zero-order chi connectivity index (χ0) is 13.9. The zero-order valence-electron chi connectivity index (χ0n) is 11.7. The molecule has 0 saturated carbocycles. The lowest BCUT2D eigenvalue weighted by Gasteiger charge is -2.12. The SMILES string of the molecule is CCOC(=O)c1c(-c2ccccc2)[nH]c2c1CCCC2. The number of aromatic amines is 1. The molecule has 1 heterocycles. The number of carbonyl (C=O) groups is 1. The van der Waals surface area contributed by atoms with Crippen LogP contribution in [0.4, 0.5) is 0 Å². The van der Waals surface area contributed by atoms with Crippen LogP contribution in [0.1, 0.15) is 41.4 Å². The summed E-state index contributed by atoms with van der Waals surface area (Å²) in [6.45, 7) is 2.26. The summed E-state index contributed by atoms with van der Waals surface area (Å²) >= 11 is 0. The molecular weight excluding hydrogens is 250 g/mol. The topological polar surface area (TPSA) is 42.1 Å². The monoisotopic (exact) mass is 269 g/mol. The van der Waals surface area contributed by atoms with Crippen molar-refractivity contribution in [1.82, 2.24) is 4.98 Å². The molecule has 1 aliphatic rings.